The first kappa shape index (κ1) is 19.0. The van der Waals surface area contributed by atoms with Gasteiger partial charge in [0.1, 0.15) is 0 Å². The second-order valence-electron chi connectivity index (χ2n) is 6.28. The van der Waals surface area contributed by atoms with Crippen molar-refractivity contribution < 1.29 is 19.8 Å². The average Bonchev–Trinajstić information content (AvgIpc) is 2.90. The van der Waals surface area contributed by atoms with Crippen LogP contribution < -0.4 is 15.9 Å². The Morgan fingerprint density at radius 2 is 1.80 bits per heavy atom. The molecular formula is C18H23N3O4-2. The number of aliphatic carboxylic acids is 2. The SMILES string of the molecule is Cc1[nH]c2ccccc2c1CCN1CCC(N)CC1.O=C([O-])C(=O)[O-]. The molecule has 2 heterocycles. The van der Waals surface area contributed by atoms with E-state index in [1.807, 2.05) is 0 Å². The van der Waals surface area contributed by atoms with E-state index in [1.165, 1.54) is 22.2 Å². The van der Waals surface area contributed by atoms with E-state index in [1.54, 1.807) is 0 Å². The molecular weight excluding hydrogens is 322 g/mol. The molecule has 3 N–H and O–H groups in total. The van der Waals surface area contributed by atoms with E-state index in [2.05, 4.69) is 41.1 Å². The molecule has 1 aliphatic rings. The summed E-state index contributed by atoms with van der Waals surface area (Å²) in [7, 11) is 0. The highest BCUT2D eigenvalue weighted by Crippen LogP contribution is 2.22. The first-order valence-corrected chi connectivity index (χ1v) is 8.35. The highest BCUT2D eigenvalue weighted by atomic mass is 16.4. The smallest absolute Gasteiger partial charge is 0.0870 e. The van der Waals surface area contributed by atoms with Crippen LogP contribution in [-0.4, -0.2) is 47.5 Å². The predicted octanol–water partition coefficient (Wildman–Crippen LogP) is -1.07. The number of fused-ring (bicyclic) bond motifs is 1. The van der Waals surface area contributed by atoms with E-state index in [9.17, 15) is 0 Å². The van der Waals surface area contributed by atoms with Crippen LogP contribution in [0, 0.1) is 6.92 Å². The van der Waals surface area contributed by atoms with Gasteiger partial charge in [-0.15, -0.1) is 0 Å². The van der Waals surface area contributed by atoms with Crippen LogP contribution in [0.5, 0.6) is 0 Å². The van der Waals surface area contributed by atoms with Crippen molar-refractivity contribution in [3.8, 4) is 0 Å². The highest BCUT2D eigenvalue weighted by molar-refractivity contribution is 6.25. The lowest BCUT2D eigenvalue weighted by Crippen LogP contribution is -2.42. The number of aromatic nitrogens is 1. The van der Waals surface area contributed by atoms with Gasteiger partial charge in [-0.3, -0.25) is 0 Å². The maximum absolute atomic E-state index is 8.93. The molecule has 1 saturated heterocycles. The quantitative estimate of drug-likeness (QED) is 0.682. The van der Waals surface area contributed by atoms with Crippen LogP contribution in [0.15, 0.2) is 24.3 Å². The number of carbonyl (C=O) groups excluding carboxylic acids is 2. The van der Waals surface area contributed by atoms with Crippen molar-refractivity contribution in [3.05, 3.63) is 35.5 Å². The number of para-hydroxylation sites is 1. The molecule has 1 aromatic heterocycles. The van der Waals surface area contributed by atoms with Crippen molar-refractivity contribution in [2.24, 2.45) is 5.73 Å². The molecule has 7 heteroatoms. The Labute approximate surface area is 146 Å². The number of hydrogen-bond donors (Lipinski definition) is 2. The predicted molar refractivity (Wildman–Crippen MR) is 90.4 cm³/mol. The zero-order valence-electron chi connectivity index (χ0n) is 14.3. The lowest BCUT2D eigenvalue weighted by molar-refractivity contribution is -0.345. The van der Waals surface area contributed by atoms with Crippen molar-refractivity contribution >= 4 is 22.8 Å². The van der Waals surface area contributed by atoms with Crippen LogP contribution >= 0.6 is 0 Å². The van der Waals surface area contributed by atoms with Gasteiger partial charge in [-0.1, -0.05) is 18.2 Å². The van der Waals surface area contributed by atoms with Gasteiger partial charge >= 0.3 is 0 Å². The number of rotatable bonds is 3. The Hall–Kier alpha value is -2.38. The fraction of sp³-hybridized carbons (Fsp3) is 0.444. The van der Waals surface area contributed by atoms with Crippen LogP contribution in [0.1, 0.15) is 24.1 Å². The van der Waals surface area contributed by atoms with Gasteiger partial charge in [0.2, 0.25) is 0 Å². The number of benzene rings is 1. The van der Waals surface area contributed by atoms with E-state index in [0.717, 1.165) is 38.9 Å². The molecule has 1 fully saturated rings. The van der Waals surface area contributed by atoms with E-state index < -0.39 is 11.9 Å². The van der Waals surface area contributed by atoms with Gasteiger partial charge < -0.3 is 35.4 Å². The third kappa shape index (κ3) is 5.30. The van der Waals surface area contributed by atoms with Crippen LogP contribution in [0.2, 0.25) is 0 Å². The summed E-state index contributed by atoms with van der Waals surface area (Å²) in [5, 5.41) is 19.2. The minimum atomic E-state index is -2.19. The van der Waals surface area contributed by atoms with Crippen LogP contribution in [0.3, 0.4) is 0 Å². The molecule has 0 amide bonds. The molecule has 25 heavy (non-hydrogen) atoms. The summed E-state index contributed by atoms with van der Waals surface area (Å²) in [6.07, 6.45) is 3.42. The van der Waals surface area contributed by atoms with Gasteiger partial charge in [0, 0.05) is 29.2 Å². The fourth-order valence-electron chi connectivity index (χ4n) is 3.10. The number of likely N-dealkylation sites (tertiary alicyclic amines) is 1. The van der Waals surface area contributed by atoms with Crippen molar-refractivity contribution in [3.63, 3.8) is 0 Å². The number of nitrogens with one attached hydrogen (secondary N) is 1. The molecule has 0 atom stereocenters. The summed E-state index contributed by atoms with van der Waals surface area (Å²) in [5.74, 6) is -4.37. The van der Waals surface area contributed by atoms with Crippen molar-refractivity contribution in [1.82, 2.24) is 9.88 Å². The fourth-order valence-corrected chi connectivity index (χ4v) is 3.10. The Kier molecular flexibility index (Phi) is 6.55. The molecule has 1 aromatic carbocycles. The summed E-state index contributed by atoms with van der Waals surface area (Å²) in [5.41, 5.74) is 10.0. The monoisotopic (exact) mass is 345 g/mol. The van der Waals surface area contributed by atoms with E-state index in [4.69, 9.17) is 25.5 Å². The van der Waals surface area contributed by atoms with Gasteiger partial charge in [-0.05, 0) is 50.9 Å². The minimum absolute atomic E-state index is 0.422. The Balaban J connectivity index is 0.000000326. The normalized spacial score (nSPS) is 15.6. The molecule has 0 bridgehead atoms. The van der Waals surface area contributed by atoms with Crippen LogP contribution in [-0.2, 0) is 16.0 Å². The Morgan fingerprint density at radius 1 is 1.20 bits per heavy atom. The molecule has 2 aromatic rings. The van der Waals surface area contributed by atoms with E-state index in [0.29, 0.717) is 6.04 Å². The molecule has 7 nitrogen and oxygen atoms in total. The lowest BCUT2D eigenvalue weighted by atomic mass is 10.0. The number of aryl methyl sites for hydroxylation is 1. The van der Waals surface area contributed by atoms with Crippen LogP contribution in [0.4, 0.5) is 0 Å². The largest absolute Gasteiger partial charge is 0.543 e. The molecule has 0 radical (unpaired) electrons. The molecule has 3 rings (SSSR count). The summed E-state index contributed by atoms with van der Waals surface area (Å²) in [6.45, 7) is 5.64. The molecule has 1 aliphatic heterocycles. The maximum atomic E-state index is 8.93. The lowest BCUT2D eigenvalue weighted by Gasteiger charge is -2.30. The van der Waals surface area contributed by atoms with Crippen molar-refractivity contribution in [2.45, 2.75) is 32.2 Å². The topological polar surface area (TPSA) is 125 Å². The van der Waals surface area contributed by atoms with Gasteiger partial charge in [0.25, 0.3) is 0 Å². The van der Waals surface area contributed by atoms with Gasteiger partial charge in [0.05, 0.1) is 11.9 Å². The van der Waals surface area contributed by atoms with Crippen molar-refractivity contribution in [2.75, 3.05) is 19.6 Å². The van der Waals surface area contributed by atoms with Gasteiger partial charge in [0.15, 0.2) is 0 Å². The number of H-pyrrole nitrogens is 1. The molecule has 0 aliphatic carbocycles. The number of carboxylic acid groups (broad SMARTS) is 2. The number of nitrogens with zero attached hydrogens (tertiary/aromatic N) is 1. The zero-order valence-corrected chi connectivity index (χ0v) is 14.3. The van der Waals surface area contributed by atoms with E-state index >= 15 is 0 Å². The summed E-state index contributed by atoms with van der Waals surface area (Å²) in [6, 6.07) is 9.02. The molecule has 0 saturated carbocycles. The second kappa shape index (κ2) is 8.64. The van der Waals surface area contributed by atoms with E-state index in [-0.39, 0.29) is 0 Å². The third-order valence-electron chi connectivity index (χ3n) is 4.50. The number of carbonyl (C=O) groups is 2. The number of nitrogens with two attached hydrogens (primary N) is 1. The Morgan fingerprint density at radius 3 is 2.40 bits per heavy atom. The van der Waals surface area contributed by atoms with Crippen molar-refractivity contribution in [1.29, 1.82) is 0 Å². The molecule has 136 valence electrons. The standard InChI is InChI=1S/C16H23N3.C2H2O4/c1-12-14(15-4-2-3-5-16(15)18-12)8-11-19-9-6-13(17)7-10-19;3-1(4)2(5)6/h2-5,13,18H,6-11,17H2,1H3;(H,3,4)(H,5,6)/p-2. The number of carboxylic acids is 2. The van der Waals surface area contributed by atoms with Crippen LogP contribution in [0.25, 0.3) is 10.9 Å². The zero-order chi connectivity index (χ0) is 18.4. The first-order valence-electron chi connectivity index (χ1n) is 8.35. The summed E-state index contributed by atoms with van der Waals surface area (Å²) < 4.78 is 0. The summed E-state index contributed by atoms with van der Waals surface area (Å²) >= 11 is 0. The number of piperidine rings is 1. The molecule has 0 unspecified atom stereocenters. The minimum Gasteiger partial charge on any atom is -0.543 e. The van der Waals surface area contributed by atoms with Gasteiger partial charge in [-0.2, -0.15) is 0 Å². The number of hydrogen-bond acceptors (Lipinski definition) is 6. The maximum Gasteiger partial charge on any atom is 0.0870 e. The number of aromatic amines is 1. The average molecular weight is 345 g/mol. The second-order valence-corrected chi connectivity index (χ2v) is 6.28. The third-order valence-corrected chi connectivity index (χ3v) is 4.50. The van der Waals surface area contributed by atoms with Gasteiger partial charge in [-0.25, -0.2) is 0 Å². The Bertz CT molecular complexity index is 721. The highest BCUT2D eigenvalue weighted by Gasteiger charge is 2.16. The summed E-state index contributed by atoms with van der Waals surface area (Å²) in [4.78, 5) is 23.9. The first-order chi connectivity index (χ1) is 11.9. The molecule has 0 spiro atoms.